The van der Waals surface area contributed by atoms with Crippen molar-refractivity contribution in [1.82, 2.24) is 0 Å². The minimum atomic E-state index is -0.680. The monoisotopic (exact) mass is 220 g/mol. The van der Waals surface area contributed by atoms with Gasteiger partial charge in [0, 0.05) is 0 Å². The van der Waals surface area contributed by atoms with Crippen molar-refractivity contribution in [2.24, 2.45) is 11.8 Å². The van der Waals surface area contributed by atoms with Crippen LogP contribution in [0.25, 0.3) is 0 Å². The second kappa shape index (κ2) is 3.30. The summed E-state index contributed by atoms with van der Waals surface area (Å²) in [4.78, 5) is 0. The third-order valence-corrected chi connectivity index (χ3v) is 4.47. The van der Waals surface area contributed by atoms with E-state index < -0.39 is 5.60 Å². The maximum atomic E-state index is 13.1. The number of hydrogen-bond acceptors (Lipinski definition) is 1. The molecule has 16 heavy (non-hydrogen) atoms. The molecule has 0 aliphatic heterocycles. The predicted molar refractivity (Wildman–Crippen MR) is 60.5 cm³/mol. The van der Waals surface area contributed by atoms with Crippen LogP contribution < -0.4 is 0 Å². The van der Waals surface area contributed by atoms with E-state index in [0.29, 0.717) is 11.8 Å². The van der Waals surface area contributed by atoms with Crippen LogP contribution in [0.5, 0.6) is 0 Å². The highest BCUT2D eigenvalue weighted by atomic mass is 19.1. The van der Waals surface area contributed by atoms with Crippen molar-refractivity contribution >= 4 is 0 Å². The van der Waals surface area contributed by atoms with Gasteiger partial charge in [0.05, 0.1) is 5.60 Å². The Balaban J connectivity index is 2.03. The van der Waals surface area contributed by atoms with Crippen molar-refractivity contribution in [3.63, 3.8) is 0 Å². The second-order valence-corrected chi connectivity index (χ2v) is 5.46. The first-order chi connectivity index (χ1) is 7.59. The van der Waals surface area contributed by atoms with Crippen molar-refractivity contribution in [3.8, 4) is 0 Å². The van der Waals surface area contributed by atoms with Gasteiger partial charge in [0.25, 0.3) is 0 Å². The minimum absolute atomic E-state index is 0.215. The number of rotatable bonds is 1. The first kappa shape index (κ1) is 10.3. The molecule has 0 amide bonds. The summed E-state index contributed by atoms with van der Waals surface area (Å²) in [5.41, 5.74) is 1.15. The topological polar surface area (TPSA) is 20.2 Å². The average Bonchev–Trinajstić information content (AvgIpc) is 2.76. The fourth-order valence-corrected chi connectivity index (χ4v) is 3.74. The molecule has 0 radical (unpaired) electrons. The Hall–Kier alpha value is -0.890. The molecular formula is C14H17FO. The van der Waals surface area contributed by atoms with Gasteiger partial charge in [0.2, 0.25) is 0 Å². The summed E-state index contributed by atoms with van der Waals surface area (Å²) in [5.74, 6) is 0.856. The first-order valence-electron chi connectivity index (χ1n) is 6.08. The summed E-state index contributed by atoms with van der Waals surface area (Å²) in [7, 11) is 0. The lowest BCUT2D eigenvalue weighted by atomic mass is 9.77. The molecule has 2 heteroatoms. The average molecular weight is 220 g/mol. The van der Waals surface area contributed by atoms with Gasteiger partial charge >= 0.3 is 0 Å². The quantitative estimate of drug-likeness (QED) is 0.771. The minimum Gasteiger partial charge on any atom is -0.385 e. The standard InChI is InChI=1S/C14H17FO/c1-9-6-12(15)4-5-13(9)14(16)8-10-2-3-11(14)7-10/h4-6,10-11,16H,2-3,7-8H2,1H3. The normalized spacial score (nSPS) is 36.9. The molecule has 0 aromatic heterocycles. The maximum absolute atomic E-state index is 13.1. The summed E-state index contributed by atoms with van der Waals surface area (Å²) in [6.45, 7) is 1.89. The molecule has 2 aliphatic rings. The zero-order valence-electron chi connectivity index (χ0n) is 9.54. The van der Waals surface area contributed by atoms with Gasteiger partial charge in [-0.25, -0.2) is 4.39 Å². The van der Waals surface area contributed by atoms with Crippen LogP contribution in [0, 0.1) is 24.6 Å². The summed E-state index contributed by atoms with van der Waals surface area (Å²) >= 11 is 0. The van der Waals surface area contributed by atoms with Gasteiger partial charge in [0.1, 0.15) is 5.82 Å². The Labute approximate surface area is 95.3 Å². The Kier molecular flexibility index (Phi) is 2.12. The molecule has 1 aromatic rings. The molecule has 1 nitrogen and oxygen atoms in total. The zero-order valence-corrected chi connectivity index (χ0v) is 9.54. The third-order valence-electron chi connectivity index (χ3n) is 4.47. The van der Waals surface area contributed by atoms with Crippen LogP contribution in [-0.4, -0.2) is 5.11 Å². The number of halogens is 1. The van der Waals surface area contributed by atoms with Crippen LogP contribution in [0.15, 0.2) is 18.2 Å². The summed E-state index contributed by atoms with van der Waals surface area (Å²) < 4.78 is 13.1. The highest BCUT2D eigenvalue weighted by Gasteiger charge is 2.51. The van der Waals surface area contributed by atoms with Gasteiger partial charge in [-0.1, -0.05) is 6.07 Å². The van der Waals surface area contributed by atoms with Crippen LogP contribution >= 0.6 is 0 Å². The Morgan fingerprint density at radius 2 is 2.19 bits per heavy atom. The molecular weight excluding hydrogens is 203 g/mol. The summed E-state index contributed by atoms with van der Waals surface area (Å²) in [5, 5.41) is 10.8. The van der Waals surface area contributed by atoms with Gasteiger partial charge in [-0.15, -0.1) is 0 Å². The van der Waals surface area contributed by atoms with Crippen LogP contribution in [0.1, 0.15) is 36.8 Å². The van der Waals surface area contributed by atoms with E-state index in [-0.39, 0.29) is 5.82 Å². The van der Waals surface area contributed by atoms with E-state index in [0.717, 1.165) is 30.4 Å². The molecule has 2 aliphatic carbocycles. The molecule has 2 bridgehead atoms. The van der Waals surface area contributed by atoms with Gasteiger partial charge < -0.3 is 5.11 Å². The lowest BCUT2D eigenvalue weighted by molar-refractivity contribution is -0.0188. The smallest absolute Gasteiger partial charge is 0.123 e. The Morgan fingerprint density at radius 3 is 2.75 bits per heavy atom. The largest absolute Gasteiger partial charge is 0.385 e. The number of hydrogen-bond donors (Lipinski definition) is 1. The predicted octanol–water partition coefficient (Wildman–Crippen LogP) is 3.14. The number of aliphatic hydroxyl groups is 1. The maximum Gasteiger partial charge on any atom is 0.123 e. The van der Waals surface area contributed by atoms with Crippen molar-refractivity contribution in [2.75, 3.05) is 0 Å². The van der Waals surface area contributed by atoms with E-state index in [1.165, 1.54) is 18.6 Å². The van der Waals surface area contributed by atoms with Gasteiger partial charge in [-0.2, -0.15) is 0 Å². The molecule has 1 N–H and O–H groups in total. The number of benzene rings is 1. The lowest BCUT2D eigenvalue weighted by Crippen LogP contribution is -2.32. The summed E-state index contributed by atoms with van der Waals surface area (Å²) in [6.07, 6.45) is 4.39. The highest BCUT2D eigenvalue weighted by molar-refractivity contribution is 5.34. The SMILES string of the molecule is Cc1cc(F)ccc1C1(O)CC2CCC1C2. The van der Waals surface area contributed by atoms with E-state index >= 15 is 0 Å². The van der Waals surface area contributed by atoms with Gasteiger partial charge in [-0.3, -0.25) is 0 Å². The summed E-state index contributed by atoms with van der Waals surface area (Å²) in [6, 6.07) is 4.76. The fraction of sp³-hybridized carbons (Fsp3) is 0.571. The van der Waals surface area contributed by atoms with E-state index in [1.807, 2.05) is 6.92 Å². The molecule has 86 valence electrons. The zero-order chi connectivity index (χ0) is 11.3. The van der Waals surface area contributed by atoms with Crippen LogP contribution in [0.4, 0.5) is 4.39 Å². The molecule has 0 heterocycles. The number of fused-ring (bicyclic) bond motifs is 2. The van der Waals surface area contributed by atoms with Crippen LogP contribution in [0.2, 0.25) is 0 Å². The Morgan fingerprint density at radius 1 is 1.38 bits per heavy atom. The highest BCUT2D eigenvalue weighted by Crippen LogP contribution is 2.55. The van der Waals surface area contributed by atoms with Gasteiger partial charge in [-0.05, 0) is 67.7 Å². The van der Waals surface area contributed by atoms with E-state index in [4.69, 9.17) is 0 Å². The molecule has 3 unspecified atom stereocenters. The van der Waals surface area contributed by atoms with Gasteiger partial charge in [0.15, 0.2) is 0 Å². The molecule has 2 saturated carbocycles. The molecule has 3 atom stereocenters. The van der Waals surface area contributed by atoms with E-state index in [1.54, 1.807) is 6.07 Å². The van der Waals surface area contributed by atoms with Crippen molar-refractivity contribution in [3.05, 3.63) is 35.1 Å². The third kappa shape index (κ3) is 1.32. The second-order valence-electron chi connectivity index (χ2n) is 5.46. The van der Waals surface area contributed by atoms with E-state index in [2.05, 4.69) is 0 Å². The molecule has 1 aromatic carbocycles. The number of aryl methyl sites for hydroxylation is 1. The molecule has 0 spiro atoms. The first-order valence-corrected chi connectivity index (χ1v) is 6.08. The molecule has 3 rings (SSSR count). The van der Waals surface area contributed by atoms with Crippen molar-refractivity contribution < 1.29 is 9.50 Å². The Bertz CT molecular complexity index is 429. The van der Waals surface area contributed by atoms with E-state index in [9.17, 15) is 9.50 Å². The fourth-order valence-electron chi connectivity index (χ4n) is 3.74. The van der Waals surface area contributed by atoms with Crippen LogP contribution in [-0.2, 0) is 5.60 Å². The van der Waals surface area contributed by atoms with Crippen molar-refractivity contribution in [2.45, 2.75) is 38.2 Å². The lowest BCUT2D eigenvalue weighted by Gasteiger charge is -2.34. The van der Waals surface area contributed by atoms with Crippen molar-refractivity contribution in [1.29, 1.82) is 0 Å². The van der Waals surface area contributed by atoms with Crippen LogP contribution in [0.3, 0.4) is 0 Å². The molecule has 2 fully saturated rings. The molecule has 0 saturated heterocycles.